The molecule has 0 spiro atoms. The summed E-state index contributed by atoms with van der Waals surface area (Å²) in [6.07, 6.45) is 1.35. The Morgan fingerprint density at radius 3 is 2.50 bits per heavy atom. The van der Waals surface area contributed by atoms with Crippen LogP contribution in [0, 0.1) is 10.1 Å². The van der Waals surface area contributed by atoms with Gasteiger partial charge < -0.3 is 9.57 Å². The van der Waals surface area contributed by atoms with Crippen molar-refractivity contribution in [3.05, 3.63) is 69.8 Å². The molecular formula is C15H12N2O5. The molecule has 0 fully saturated rings. The van der Waals surface area contributed by atoms with Crippen LogP contribution in [0.1, 0.15) is 15.9 Å². The van der Waals surface area contributed by atoms with Crippen LogP contribution in [-0.2, 0) is 4.84 Å². The van der Waals surface area contributed by atoms with Gasteiger partial charge in [-0.1, -0.05) is 17.3 Å². The van der Waals surface area contributed by atoms with Crippen molar-refractivity contribution >= 4 is 17.9 Å². The van der Waals surface area contributed by atoms with Gasteiger partial charge >= 0.3 is 5.97 Å². The molecule has 0 radical (unpaired) electrons. The van der Waals surface area contributed by atoms with Crippen LogP contribution in [-0.4, -0.2) is 24.2 Å². The molecule has 0 N–H and O–H groups in total. The number of methoxy groups -OCH3 is 1. The normalized spacial score (nSPS) is 10.4. The molecule has 22 heavy (non-hydrogen) atoms. The number of rotatable bonds is 5. The number of nitrogens with zero attached hydrogens (tertiary/aromatic N) is 2. The van der Waals surface area contributed by atoms with Crippen LogP contribution >= 0.6 is 0 Å². The molecule has 0 aliphatic rings. The fourth-order valence-corrected chi connectivity index (χ4v) is 1.68. The van der Waals surface area contributed by atoms with Gasteiger partial charge in [-0.25, -0.2) is 4.79 Å². The van der Waals surface area contributed by atoms with Gasteiger partial charge in [0.1, 0.15) is 5.75 Å². The molecule has 0 aromatic heterocycles. The van der Waals surface area contributed by atoms with Crippen molar-refractivity contribution in [1.29, 1.82) is 0 Å². The first-order valence-corrected chi connectivity index (χ1v) is 6.24. The number of oxime groups is 1. The van der Waals surface area contributed by atoms with E-state index in [9.17, 15) is 14.9 Å². The Hall–Kier alpha value is -3.22. The van der Waals surface area contributed by atoms with Gasteiger partial charge in [0.2, 0.25) is 0 Å². The number of benzene rings is 2. The first-order valence-electron chi connectivity index (χ1n) is 6.24. The molecule has 0 amide bonds. The molecule has 0 bridgehead atoms. The lowest BCUT2D eigenvalue weighted by atomic mass is 10.2. The maximum absolute atomic E-state index is 11.7. The smallest absolute Gasteiger partial charge is 0.365 e. The number of non-ortho nitro benzene ring substituents is 1. The molecule has 0 unspecified atom stereocenters. The highest BCUT2D eigenvalue weighted by molar-refractivity contribution is 5.90. The minimum atomic E-state index is -0.707. The van der Waals surface area contributed by atoms with Crippen molar-refractivity contribution in [2.75, 3.05) is 7.11 Å². The van der Waals surface area contributed by atoms with E-state index in [0.29, 0.717) is 11.3 Å². The molecule has 0 aliphatic carbocycles. The average Bonchev–Trinajstić information content (AvgIpc) is 2.55. The molecule has 0 saturated carbocycles. The summed E-state index contributed by atoms with van der Waals surface area (Å²) >= 11 is 0. The van der Waals surface area contributed by atoms with Crippen LogP contribution in [0.2, 0.25) is 0 Å². The molecule has 2 rings (SSSR count). The Morgan fingerprint density at radius 1 is 1.18 bits per heavy atom. The summed E-state index contributed by atoms with van der Waals surface area (Å²) in [4.78, 5) is 26.4. The number of hydrogen-bond donors (Lipinski definition) is 0. The van der Waals surface area contributed by atoms with Gasteiger partial charge in [-0.3, -0.25) is 10.1 Å². The van der Waals surface area contributed by atoms with Crippen LogP contribution in [0.25, 0.3) is 0 Å². The Kier molecular flexibility index (Phi) is 4.81. The van der Waals surface area contributed by atoms with Crippen LogP contribution in [0.3, 0.4) is 0 Å². The van der Waals surface area contributed by atoms with Gasteiger partial charge in [-0.15, -0.1) is 0 Å². The van der Waals surface area contributed by atoms with E-state index in [0.717, 1.165) is 0 Å². The zero-order valence-corrected chi connectivity index (χ0v) is 11.6. The molecule has 2 aromatic rings. The fourth-order valence-electron chi connectivity index (χ4n) is 1.68. The molecule has 0 aliphatic heterocycles. The first kappa shape index (κ1) is 15.2. The Labute approximate surface area is 125 Å². The standard InChI is InChI=1S/C15H12N2O5/c1-21-14-5-3-2-4-12(14)10-16-22-15(18)11-6-8-13(9-7-11)17(19)20/h2-10H,1H3. The van der Waals surface area contributed by atoms with Gasteiger partial charge in [-0.2, -0.15) is 0 Å². The number of nitro groups is 1. The van der Waals surface area contributed by atoms with E-state index in [1.165, 1.54) is 37.6 Å². The van der Waals surface area contributed by atoms with Crippen molar-refractivity contribution < 1.29 is 19.3 Å². The molecule has 112 valence electrons. The van der Waals surface area contributed by atoms with E-state index >= 15 is 0 Å². The van der Waals surface area contributed by atoms with E-state index in [-0.39, 0.29) is 11.3 Å². The third kappa shape index (κ3) is 3.66. The average molecular weight is 300 g/mol. The molecule has 0 atom stereocenters. The van der Waals surface area contributed by atoms with E-state index in [1.54, 1.807) is 24.3 Å². The summed E-state index contributed by atoms with van der Waals surface area (Å²) in [6.45, 7) is 0. The lowest BCUT2D eigenvalue weighted by Gasteiger charge is -2.02. The minimum Gasteiger partial charge on any atom is -0.496 e. The van der Waals surface area contributed by atoms with Gasteiger partial charge in [0.15, 0.2) is 0 Å². The zero-order chi connectivity index (χ0) is 15.9. The number of carbonyl (C=O) groups is 1. The lowest BCUT2D eigenvalue weighted by Crippen LogP contribution is -2.01. The quantitative estimate of drug-likeness (QED) is 0.366. The van der Waals surface area contributed by atoms with Gasteiger partial charge in [0.05, 0.1) is 23.8 Å². The van der Waals surface area contributed by atoms with Crippen LogP contribution in [0.5, 0.6) is 5.75 Å². The summed E-state index contributed by atoms with van der Waals surface area (Å²) in [5.74, 6) is -0.112. The topological polar surface area (TPSA) is 91.0 Å². The minimum absolute atomic E-state index is 0.103. The molecule has 2 aromatic carbocycles. The number of para-hydroxylation sites is 1. The van der Waals surface area contributed by atoms with Crippen molar-refractivity contribution in [2.45, 2.75) is 0 Å². The zero-order valence-electron chi connectivity index (χ0n) is 11.6. The summed E-state index contributed by atoms with van der Waals surface area (Å²) in [6, 6.07) is 12.2. The van der Waals surface area contributed by atoms with Crippen molar-refractivity contribution in [3.63, 3.8) is 0 Å². The molecule has 0 saturated heterocycles. The van der Waals surface area contributed by atoms with Gasteiger partial charge in [0, 0.05) is 17.7 Å². The predicted molar refractivity (Wildman–Crippen MR) is 79.1 cm³/mol. The lowest BCUT2D eigenvalue weighted by molar-refractivity contribution is -0.384. The third-order valence-corrected chi connectivity index (χ3v) is 2.78. The number of ether oxygens (including phenoxy) is 1. The molecule has 7 heteroatoms. The highest BCUT2D eigenvalue weighted by Gasteiger charge is 2.10. The Morgan fingerprint density at radius 2 is 1.86 bits per heavy atom. The molecule has 7 nitrogen and oxygen atoms in total. The summed E-state index contributed by atoms with van der Waals surface area (Å²) in [5, 5.41) is 14.1. The van der Waals surface area contributed by atoms with Crippen LogP contribution in [0.4, 0.5) is 5.69 Å². The fraction of sp³-hybridized carbons (Fsp3) is 0.0667. The Bertz CT molecular complexity index is 710. The molecule has 0 heterocycles. The maximum Gasteiger partial charge on any atom is 0.365 e. The second kappa shape index (κ2) is 6.98. The highest BCUT2D eigenvalue weighted by atomic mass is 16.7. The second-order valence-electron chi connectivity index (χ2n) is 4.16. The monoisotopic (exact) mass is 300 g/mol. The van der Waals surface area contributed by atoms with Gasteiger partial charge in [-0.05, 0) is 24.3 Å². The SMILES string of the molecule is COc1ccccc1C=NOC(=O)c1ccc([N+](=O)[O-])cc1. The van der Waals surface area contributed by atoms with Crippen molar-refractivity contribution in [1.82, 2.24) is 0 Å². The van der Waals surface area contributed by atoms with Crippen molar-refractivity contribution in [3.8, 4) is 5.75 Å². The van der Waals surface area contributed by atoms with Crippen molar-refractivity contribution in [2.24, 2.45) is 5.16 Å². The number of carbonyl (C=O) groups excluding carboxylic acids is 1. The van der Waals surface area contributed by atoms with E-state index in [2.05, 4.69) is 5.16 Å². The maximum atomic E-state index is 11.7. The first-order chi connectivity index (χ1) is 10.6. The number of nitro benzene ring substituents is 1. The summed E-state index contributed by atoms with van der Waals surface area (Å²) in [7, 11) is 1.52. The van der Waals surface area contributed by atoms with Crippen LogP contribution in [0.15, 0.2) is 53.7 Å². The van der Waals surface area contributed by atoms with E-state index in [4.69, 9.17) is 9.57 Å². The predicted octanol–water partition coefficient (Wildman–Crippen LogP) is 2.79. The second-order valence-corrected chi connectivity index (χ2v) is 4.16. The molecular weight excluding hydrogens is 288 g/mol. The van der Waals surface area contributed by atoms with E-state index in [1.807, 2.05) is 0 Å². The third-order valence-electron chi connectivity index (χ3n) is 2.78. The largest absolute Gasteiger partial charge is 0.496 e. The number of hydrogen-bond acceptors (Lipinski definition) is 6. The summed E-state index contributed by atoms with van der Waals surface area (Å²) in [5.41, 5.74) is 0.721. The summed E-state index contributed by atoms with van der Waals surface area (Å²) < 4.78 is 5.13. The van der Waals surface area contributed by atoms with Gasteiger partial charge in [0.25, 0.3) is 5.69 Å². The van der Waals surface area contributed by atoms with E-state index < -0.39 is 10.9 Å². The Balaban J connectivity index is 2.03. The highest BCUT2D eigenvalue weighted by Crippen LogP contribution is 2.15. The van der Waals surface area contributed by atoms with Crippen LogP contribution < -0.4 is 4.74 Å².